The average Bonchev–Trinajstić information content (AvgIpc) is 2.97. The van der Waals surface area contributed by atoms with E-state index in [1.165, 1.54) is 31.6 Å². The highest BCUT2D eigenvalue weighted by molar-refractivity contribution is 7.22. The maximum Gasteiger partial charge on any atom is 0.333 e. The van der Waals surface area contributed by atoms with Crippen LogP contribution in [0.2, 0.25) is 0 Å². The van der Waals surface area contributed by atoms with Gasteiger partial charge in [-0.2, -0.15) is 5.10 Å². The number of benzene rings is 1. The van der Waals surface area contributed by atoms with Crippen LogP contribution >= 0.6 is 11.3 Å². The van der Waals surface area contributed by atoms with E-state index >= 15 is 0 Å². The number of anilines is 1. The second-order valence-corrected chi connectivity index (χ2v) is 5.83. The van der Waals surface area contributed by atoms with Gasteiger partial charge in [-0.05, 0) is 12.1 Å². The lowest BCUT2D eigenvalue weighted by atomic mass is 10.3. The van der Waals surface area contributed by atoms with E-state index in [0.29, 0.717) is 5.13 Å². The van der Waals surface area contributed by atoms with Crippen LogP contribution in [0.3, 0.4) is 0 Å². The second kappa shape index (κ2) is 5.69. The first-order valence-corrected chi connectivity index (χ1v) is 7.44. The van der Waals surface area contributed by atoms with Crippen molar-refractivity contribution in [1.29, 1.82) is 0 Å². The zero-order valence-corrected chi connectivity index (χ0v) is 13.2. The Morgan fingerprint density at radius 1 is 1.26 bits per heavy atom. The van der Waals surface area contributed by atoms with Crippen molar-refractivity contribution in [3.63, 3.8) is 0 Å². The van der Waals surface area contributed by atoms with Gasteiger partial charge in [-0.1, -0.05) is 23.5 Å². The number of hydrazone groups is 1. The van der Waals surface area contributed by atoms with Gasteiger partial charge in [0.1, 0.15) is 5.56 Å². The van der Waals surface area contributed by atoms with Gasteiger partial charge in [-0.3, -0.25) is 19.4 Å². The summed E-state index contributed by atoms with van der Waals surface area (Å²) >= 11 is 1.41. The standard InChI is InChI=1S/C14H13N5O3S/c1-18-11(20)8(12(21)19(2)14(18)22)7-15-17-13-16-9-5-3-4-6-10(9)23-13/h3-7,20H,1-2H3,(H,16,17). The van der Waals surface area contributed by atoms with E-state index in [9.17, 15) is 14.7 Å². The Kier molecular flexibility index (Phi) is 3.70. The molecular formula is C14H13N5O3S. The number of thiazole rings is 1. The fraction of sp³-hybridized carbons (Fsp3) is 0.143. The molecular weight excluding hydrogens is 318 g/mol. The van der Waals surface area contributed by atoms with Crippen LogP contribution in [0.1, 0.15) is 5.56 Å². The molecule has 0 aliphatic carbocycles. The highest BCUT2D eigenvalue weighted by Gasteiger charge is 2.12. The summed E-state index contributed by atoms with van der Waals surface area (Å²) in [5.74, 6) is -0.437. The summed E-state index contributed by atoms with van der Waals surface area (Å²) in [4.78, 5) is 28.0. The quantitative estimate of drug-likeness (QED) is 0.547. The van der Waals surface area contributed by atoms with E-state index in [1.807, 2.05) is 24.3 Å². The van der Waals surface area contributed by atoms with Crippen LogP contribution in [0, 0.1) is 0 Å². The van der Waals surface area contributed by atoms with Crippen molar-refractivity contribution in [1.82, 2.24) is 14.1 Å². The number of fused-ring (bicyclic) bond motifs is 1. The molecule has 9 heteroatoms. The van der Waals surface area contributed by atoms with Gasteiger partial charge in [0.25, 0.3) is 5.56 Å². The fourth-order valence-corrected chi connectivity index (χ4v) is 2.86. The van der Waals surface area contributed by atoms with Gasteiger partial charge >= 0.3 is 5.69 Å². The molecule has 0 amide bonds. The van der Waals surface area contributed by atoms with Crippen molar-refractivity contribution in [2.24, 2.45) is 19.2 Å². The van der Waals surface area contributed by atoms with E-state index in [1.54, 1.807) is 0 Å². The lowest BCUT2D eigenvalue weighted by molar-refractivity contribution is 0.410. The number of nitrogens with one attached hydrogen (secondary N) is 1. The molecule has 0 aliphatic rings. The SMILES string of the molecule is Cn1c(O)c(C=NNc2nc3ccccc3s2)c(=O)n(C)c1=O. The molecule has 0 radical (unpaired) electrons. The number of nitrogens with zero attached hydrogens (tertiary/aromatic N) is 4. The fourth-order valence-electron chi connectivity index (χ4n) is 2.04. The van der Waals surface area contributed by atoms with Gasteiger partial charge < -0.3 is 5.11 Å². The minimum Gasteiger partial charge on any atom is -0.494 e. The lowest BCUT2D eigenvalue weighted by Crippen LogP contribution is -2.38. The number of hydrogen-bond acceptors (Lipinski definition) is 7. The van der Waals surface area contributed by atoms with Gasteiger partial charge in [0.15, 0.2) is 0 Å². The molecule has 2 aromatic heterocycles. The third-order valence-corrected chi connectivity index (χ3v) is 4.26. The molecule has 0 unspecified atom stereocenters. The van der Waals surface area contributed by atoms with E-state index in [2.05, 4.69) is 15.5 Å². The van der Waals surface area contributed by atoms with Crippen LogP contribution in [0.15, 0.2) is 39.0 Å². The highest BCUT2D eigenvalue weighted by atomic mass is 32.1. The third kappa shape index (κ3) is 2.61. The second-order valence-electron chi connectivity index (χ2n) is 4.80. The molecule has 2 heterocycles. The molecule has 0 aliphatic heterocycles. The molecule has 0 fully saturated rings. The molecule has 0 spiro atoms. The Bertz CT molecular complexity index is 998. The summed E-state index contributed by atoms with van der Waals surface area (Å²) in [6.07, 6.45) is 1.17. The molecule has 1 aromatic carbocycles. The predicted octanol–water partition coefficient (Wildman–Crippen LogP) is 0.845. The third-order valence-electron chi connectivity index (χ3n) is 3.32. The molecule has 0 saturated heterocycles. The first-order valence-electron chi connectivity index (χ1n) is 6.62. The molecule has 3 rings (SSSR count). The van der Waals surface area contributed by atoms with Crippen molar-refractivity contribution in [3.05, 3.63) is 50.7 Å². The minimum atomic E-state index is -0.625. The lowest BCUT2D eigenvalue weighted by Gasteiger charge is -2.06. The molecule has 3 aromatic rings. The summed E-state index contributed by atoms with van der Waals surface area (Å²) in [5.41, 5.74) is 2.25. The van der Waals surface area contributed by atoms with Gasteiger partial charge in [0.2, 0.25) is 11.0 Å². The topological polar surface area (TPSA) is 102 Å². The summed E-state index contributed by atoms with van der Waals surface area (Å²) in [6.45, 7) is 0. The summed E-state index contributed by atoms with van der Waals surface area (Å²) in [7, 11) is 2.71. The Hall–Kier alpha value is -2.94. The van der Waals surface area contributed by atoms with Gasteiger partial charge in [0.05, 0.1) is 16.4 Å². The zero-order chi connectivity index (χ0) is 16.6. The van der Waals surface area contributed by atoms with Crippen LogP contribution in [0.4, 0.5) is 5.13 Å². The molecule has 118 valence electrons. The van der Waals surface area contributed by atoms with Crippen molar-refractivity contribution >= 4 is 32.9 Å². The maximum atomic E-state index is 12.0. The van der Waals surface area contributed by atoms with Gasteiger partial charge in [-0.25, -0.2) is 9.78 Å². The first-order chi connectivity index (χ1) is 11.0. The number of aromatic hydroxyl groups is 1. The Morgan fingerprint density at radius 3 is 2.74 bits per heavy atom. The number of aromatic nitrogens is 3. The van der Waals surface area contributed by atoms with Crippen molar-refractivity contribution in [2.75, 3.05) is 5.43 Å². The van der Waals surface area contributed by atoms with Crippen LogP contribution in [0.25, 0.3) is 10.2 Å². The van der Waals surface area contributed by atoms with Crippen LogP contribution in [0.5, 0.6) is 5.88 Å². The molecule has 23 heavy (non-hydrogen) atoms. The van der Waals surface area contributed by atoms with Crippen LogP contribution < -0.4 is 16.7 Å². The predicted molar refractivity (Wildman–Crippen MR) is 89.4 cm³/mol. The molecule has 8 nitrogen and oxygen atoms in total. The monoisotopic (exact) mass is 331 g/mol. The molecule has 0 bridgehead atoms. The number of para-hydroxylation sites is 1. The van der Waals surface area contributed by atoms with Gasteiger partial charge in [-0.15, -0.1) is 0 Å². The Balaban J connectivity index is 1.92. The van der Waals surface area contributed by atoms with E-state index in [0.717, 1.165) is 19.4 Å². The summed E-state index contributed by atoms with van der Waals surface area (Å²) < 4.78 is 2.88. The van der Waals surface area contributed by atoms with Gasteiger partial charge in [0, 0.05) is 14.1 Å². The number of hydrogen-bond donors (Lipinski definition) is 2. The highest BCUT2D eigenvalue weighted by Crippen LogP contribution is 2.25. The zero-order valence-electron chi connectivity index (χ0n) is 12.3. The van der Waals surface area contributed by atoms with Crippen LogP contribution in [-0.4, -0.2) is 25.4 Å². The summed E-state index contributed by atoms with van der Waals surface area (Å²) in [5, 5.41) is 14.4. The number of rotatable bonds is 3. The van der Waals surface area contributed by atoms with Crippen molar-refractivity contribution < 1.29 is 5.11 Å². The average molecular weight is 331 g/mol. The Labute approximate surface area is 134 Å². The smallest absolute Gasteiger partial charge is 0.333 e. The normalized spacial score (nSPS) is 11.4. The largest absolute Gasteiger partial charge is 0.494 e. The molecule has 2 N–H and O–H groups in total. The van der Waals surface area contributed by atoms with E-state index < -0.39 is 17.1 Å². The molecule has 0 saturated carbocycles. The first kappa shape index (κ1) is 15.0. The molecule has 0 atom stereocenters. The Morgan fingerprint density at radius 2 is 2.00 bits per heavy atom. The van der Waals surface area contributed by atoms with Crippen molar-refractivity contribution in [2.45, 2.75) is 0 Å². The van der Waals surface area contributed by atoms with E-state index in [-0.39, 0.29) is 5.56 Å². The maximum absolute atomic E-state index is 12.0. The van der Waals surface area contributed by atoms with Crippen LogP contribution in [-0.2, 0) is 14.1 Å². The van der Waals surface area contributed by atoms with E-state index in [4.69, 9.17) is 0 Å². The summed E-state index contributed by atoms with van der Waals surface area (Å²) in [6, 6.07) is 7.63. The minimum absolute atomic E-state index is 0.0804. The van der Waals surface area contributed by atoms with Crippen molar-refractivity contribution in [3.8, 4) is 5.88 Å².